The zero-order chi connectivity index (χ0) is 15.9. The Bertz CT molecular complexity index is 566. The highest BCUT2D eigenvalue weighted by Gasteiger charge is 2.21. The lowest BCUT2D eigenvalue weighted by Gasteiger charge is -2.30. The van der Waals surface area contributed by atoms with Crippen LogP contribution < -0.4 is 9.47 Å². The summed E-state index contributed by atoms with van der Waals surface area (Å²) in [4.78, 5) is 14.1. The van der Waals surface area contributed by atoms with Crippen LogP contribution in [0.3, 0.4) is 0 Å². The highest BCUT2D eigenvalue weighted by molar-refractivity contribution is 5.78. The van der Waals surface area contributed by atoms with Gasteiger partial charge in [0, 0.05) is 19.2 Å². The largest absolute Gasteiger partial charge is 0.490 e. The molecule has 1 aromatic carbocycles. The third-order valence-electron chi connectivity index (χ3n) is 3.73. The van der Waals surface area contributed by atoms with Gasteiger partial charge in [-0.15, -0.1) is 0 Å². The molecule has 1 unspecified atom stereocenters. The molecule has 2 rings (SSSR count). The van der Waals surface area contributed by atoms with Crippen molar-refractivity contribution in [2.45, 2.75) is 26.7 Å². The van der Waals surface area contributed by atoms with Gasteiger partial charge in [-0.05, 0) is 37.8 Å². The molecule has 5 nitrogen and oxygen atoms in total. The van der Waals surface area contributed by atoms with Crippen molar-refractivity contribution in [3.63, 3.8) is 0 Å². The van der Waals surface area contributed by atoms with E-state index < -0.39 is 0 Å². The van der Waals surface area contributed by atoms with Crippen LogP contribution in [0.15, 0.2) is 18.2 Å². The summed E-state index contributed by atoms with van der Waals surface area (Å²) < 4.78 is 11.1. The fourth-order valence-corrected chi connectivity index (χ4v) is 2.61. The molecule has 1 aromatic rings. The van der Waals surface area contributed by atoms with E-state index >= 15 is 0 Å². The monoisotopic (exact) mass is 302 g/mol. The molecule has 118 valence electrons. The zero-order valence-electron chi connectivity index (χ0n) is 13.2. The third kappa shape index (κ3) is 4.14. The van der Waals surface area contributed by atoms with Gasteiger partial charge in [-0.25, -0.2) is 0 Å². The van der Waals surface area contributed by atoms with Crippen LogP contribution in [-0.4, -0.2) is 37.1 Å². The lowest BCUT2D eigenvalue weighted by atomic mass is 10.0. The number of benzene rings is 1. The second-order valence-corrected chi connectivity index (χ2v) is 5.58. The van der Waals surface area contributed by atoms with Crippen molar-refractivity contribution < 1.29 is 14.3 Å². The fourth-order valence-electron chi connectivity index (χ4n) is 2.61. The van der Waals surface area contributed by atoms with Gasteiger partial charge in [0.2, 0.25) is 0 Å². The molecule has 0 N–H and O–H groups in total. The molecule has 0 spiro atoms. The van der Waals surface area contributed by atoms with Gasteiger partial charge < -0.3 is 14.4 Å². The molecular formula is C17H22N2O3. The number of hydrogen-bond acceptors (Lipinski definition) is 4. The smallest absolute Gasteiger partial charge is 0.260 e. The van der Waals surface area contributed by atoms with E-state index in [0.717, 1.165) is 19.5 Å². The normalized spacial score (nSPS) is 17.7. The molecule has 5 heteroatoms. The van der Waals surface area contributed by atoms with Crippen LogP contribution in [0.4, 0.5) is 0 Å². The second kappa shape index (κ2) is 7.69. The number of carbonyl (C=O) groups excluding carboxylic acids is 1. The Morgan fingerprint density at radius 1 is 1.41 bits per heavy atom. The van der Waals surface area contributed by atoms with Crippen molar-refractivity contribution in [2.24, 2.45) is 5.92 Å². The zero-order valence-corrected chi connectivity index (χ0v) is 13.2. The molecule has 1 aliphatic heterocycles. The number of likely N-dealkylation sites (tertiary alicyclic amines) is 1. The highest BCUT2D eigenvalue weighted by Crippen LogP contribution is 2.28. The van der Waals surface area contributed by atoms with E-state index in [2.05, 4.69) is 13.0 Å². The van der Waals surface area contributed by atoms with Crippen molar-refractivity contribution in [2.75, 3.05) is 26.3 Å². The predicted molar refractivity (Wildman–Crippen MR) is 82.8 cm³/mol. The Kier molecular flexibility index (Phi) is 5.65. The Morgan fingerprint density at radius 2 is 2.23 bits per heavy atom. The number of nitriles is 1. The first-order valence-electron chi connectivity index (χ1n) is 7.71. The van der Waals surface area contributed by atoms with Crippen molar-refractivity contribution in [1.82, 2.24) is 4.90 Å². The van der Waals surface area contributed by atoms with Crippen molar-refractivity contribution in [3.05, 3.63) is 23.8 Å². The van der Waals surface area contributed by atoms with Crippen LogP contribution in [0, 0.1) is 17.2 Å². The van der Waals surface area contributed by atoms with Gasteiger partial charge in [-0.2, -0.15) is 5.26 Å². The van der Waals surface area contributed by atoms with E-state index in [1.54, 1.807) is 18.2 Å². The summed E-state index contributed by atoms with van der Waals surface area (Å²) in [6, 6.07) is 7.03. The van der Waals surface area contributed by atoms with Gasteiger partial charge in [0.1, 0.15) is 0 Å². The first-order valence-corrected chi connectivity index (χ1v) is 7.71. The predicted octanol–water partition coefficient (Wildman–Crippen LogP) is 2.59. The number of amides is 1. The molecule has 1 aliphatic rings. The van der Waals surface area contributed by atoms with E-state index in [4.69, 9.17) is 14.7 Å². The summed E-state index contributed by atoms with van der Waals surface area (Å²) in [5.41, 5.74) is 0.506. The fraction of sp³-hybridized carbons (Fsp3) is 0.529. The van der Waals surface area contributed by atoms with Crippen LogP contribution in [0.5, 0.6) is 11.5 Å². The molecule has 0 saturated carbocycles. The Labute approximate surface area is 131 Å². The minimum Gasteiger partial charge on any atom is -0.490 e. The Balaban J connectivity index is 1.98. The molecule has 1 fully saturated rings. The molecule has 1 atom stereocenters. The van der Waals surface area contributed by atoms with Crippen molar-refractivity contribution >= 4 is 5.91 Å². The third-order valence-corrected chi connectivity index (χ3v) is 3.73. The highest BCUT2D eigenvalue weighted by atomic mass is 16.5. The van der Waals surface area contributed by atoms with Crippen LogP contribution in [0.1, 0.15) is 32.3 Å². The van der Waals surface area contributed by atoms with E-state index in [9.17, 15) is 4.79 Å². The molecule has 0 aliphatic carbocycles. The molecule has 0 radical (unpaired) electrons. The second-order valence-electron chi connectivity index (χ2n) is 5.58. The summed E-state index contributed by atoms with van der Waals surface area (Å²) in [7, 11) is 0. The van der Waals surface area contributed by atoms with E-state index in [-0.39, 0.29) is 12.5 Å². The van der Waals surface area contributed by atoms with Crippen LogP contribution in [-0.2, 0) is 4.79 Å². The number of piperidine rings is 1. The minimum absolute atomic E-state index is 0.00130. The Hall–Kier alpha value is -2.22. The number of nitrogens with zero attached hydrogens (tertiary/aromatic N) is 2. The number of hydrogen-bond donors (Lipinski definition) is 0. The number of ether oxygens (including phenoxy) is 2. The molecular weight excluding hydrogens is 280 g/mol. The van der Waals surface area contributed by atoms with Gasteiger partial charge in [0.05, 0.1) is 18.2 Å². The quantitative estimate of drug-likeness (QED) is 0.838. The van der Waals surface area contributed by atoms with Gasteiger partial charge in [-0.3, -0.25) is 4.79 Å². The lowest BCUT2D eigenvalue weighted by molar-refractivity contribution is -0.135. The molecule has 1 heterocycles. The van der Waals surface area contributed by atoms with E-state index in [0.29, 0.717) is 29.6 Å². The summed E-state index contributed by atoms with van der Waals surface area (Å²) in [5.74, 6) is 1.55. The molecule has 1 saturated heterocycles. The lowest BCUT2D eigenvalue weighted by Crippen LogP contribution is -2.41. The number of carbonyl (C=O) groups is 1. The summed E-state index contributed by atoms with van der Waals surface area (Å²) >= 11 is 0. The van der Waals surface area contributed by atoms with Crippen LogP contribution in [0.2, 0.25) is 0 Å². The standard InChI is InChI=1S/C17H22N2O3/c1-3-21-16-9-14(10-18)6-7-15(16)22-12-17(20)19-8-4-5-13(2)11-19/h6-7,9,13H,3-5,8,11-12H2,1-2H3. The van der Waals surface area contributed by atoms with Gasteiger partial charge >= 0.3 is 0 Å². The first-order chi connectivity index (χ1) is 10.6. The van der Waals surface area contributed by atoms with Crippen LogP contribution in [0.25, 0.3) is 0 Å². The maximum Gasteiger partial charge on any atom is 0.260 e. The van der Waals surface area contributed by atoms with Gasteiger partial charge in [-0.1, -0.05) is 6.92 Å². The van der Waals surface area contributed by atoms with Gasteiger partial charge in [0.15, 0.2) is 18.1 Å². The summed E-state index contributed by atoms with van der Waals surface area (Å²) in [5, 5.41) is 8.93. The number of rotatable bonds is 5. The maximum atomic E-state index is 12.2. The molecule has 1 amide bonds. The molecule has 0 bridgehead atoms. The summed E-state index contributed by atoms with van der Waals surface area (Å²) in [6.07, 6.45) is 2.22. The van der Waals surface area contributed by atoms with Crippen LogP contribution >= 0.6 is 0 Å². The SMILES string of the molecule is CCOc1cc(C#N)ccc1OCC(=O)N1CCCC(C)C1. The molecule has 22 heavy (non-hydrogen) atoms. The topological polar surface area (TPSA) is 62.6 Å². The average Bonchev–Trinajstić information content (AvgIpc) is 2.53. The summed E-state index contributed by atoms with van der Waals surface area (Å²) in [6.45, 7) is 6.10. The van der Waals surface area contributed by atoms with Crippen molar-refractivity contribution in [1.29, 1.82) is 5.26 Å². The average molecular weight is 302 g/mol. The van der Waals surface area contributed by atoms with Gasteiger partial charge in [0.25, 0.3) is 5.91 Å². The molecule has 0 aromatic heterocycles. The maximum absolute atomic E-state index is 12.2. The Morgan fingerprint density at radius 3 is 2.91 bits per heavy atom. The van der Waals surface area contributed by atoms with E-state index in [1.807, 2.05) is 11.8 Å². The van der Waals surface area contributed by atoms with E-state index in [1.165, 1.54) is 6.42 Å². The minimum atomic E-state index is -0.00152. The van der Waals surface area contributed by atoms with Crippen molar-refractivity contribution in [3.8, 4) is 17.6 Å². The first kappa shape index (κ1) is 16.2.